The van der Waals surface area contributed by atoms with Gasteiger partial charge in [0.15, 0.2) is 0 Å². The number of nitro benzene ring substituents is 1. The van der Waals surface area contributed by atoms with Gasteiger partial charge >= 0.3 is 0 Å². The van der Waals surface area contributed by atoms with Gasteiger partial charge in [-0.3, -0.25) is 10.1 Å². The first-order valence-corrected chi connectivity index (χ1v) is 6.51. The molecule has 1 atom stereocenters. The van der Waals surface area contributed by atoms with Crippen LogP contribution in [0.15, 0.2) is 18.2 Å². The molecule has 0 saturated carbocycles. The number of thioether (sulfide) groups is 1. The standard InChI is InChI=1S/C10H13ClN2O2S/c1-7(6-16-2)12-9-5-8(11)3-4-10(9)13(14)15/h3-5,7,12H,6H2,1-2H3. The van der Waals surface area contributed by atoms with E-state index in [2.05, 4.69) is 5.32 Å². The summed E-state index contributed by atoms with van der Waals surface area (Å²) >= 11 is 7.50. The first kappa shape index (κ1) is 13.1. The van der Waals surface area contributed by atoms with E-state index >= 15 is 0 Å². The van der Waals surface area contributed by atoms with Gasteiger partial charge in [-0.05, 0) is 25.3 Å². The second-order valence-corrected chi connectivity index (χ2v) is 4.77. The number of hydrogen-bond acceptors (Lipinski definition) is 4. The molecule has 1 aromatic carbocycles. The molecule has 1 rings (SSSR count). The fourth-order valence-electron chi connectivity index (χ4n) is 1.34. The largest absolute Gasteiger partial charge is 0.376 e. The minimum absolute atomic E-state index is 0.0531. The van der Waals surface area contributed by atoms with Gasteiger partial charge in [0.25, 0.3) is 5.69 Å². The molecule has 16 heavy (non-hydrogen) atoms. The predicted octanol–water partition coefficient (Wildman–Crippen LogP) is 3.41. The molecular weight excluding hydrogens is 248 g/mol. The van der Waals surface area contributed by atoms with Gasteiger partial charge in [0.1, 0.15) is 5.69 Å². The van der Waals surface area contributed by atoms with Crippen LogP contribution in [0.25, 0.3) is 0 Å². The Morgan fingerprint density at radius 3 is 2.88 bits per heavy atom. The van der Waals surface area contributed by atoms with Crippen LogP contribution in [0.5, 0.6) is 0 Å². The van der Waals surface area contributed by atoms with Crippen LogP contribution in [0.1, 0.15) is 6.92 Å². The van der Waals surface area contributed by atoms with Crippen molar-refractivity contribution in [3.8, 4) is 0 Å². The fourth-order valence-corrected chi connectivity index (χ4v) is 2.10. The van der Waals surface area contributed by atoms with E-state index in [1.54, 1.807) is 17.8 Å². The fraction of sp³-hybridized carbons (Fsp3) is 0.400. The Labute approximate surface area is 104 Å². The number of benzene rings is 1. The lowest BCUT2D eigenvalue weighted by Gasteiger charge is -2.14. The van der Waals surface area contributed by atoms with Crippen LogP contribution in [-0.4, -0.2) is 23.0 Å². The van der Waals surface area contributed by atoms with Crippen molar-refractivity contribution in [2.45, 2.75) is 13.0 Å². The van der Waals surface area contributed by atoms with E-state index in [1.807, 2.05) is 13.2 Å². The number of hydrogen-bond donors (Lipinski definition) is 1. The molecule has 0 spiro atoms. The third-order valence-corrected chi connectivity index (χ3v) is 3.04. The van der Waals surface area contributed by atoms with Gasteiger partial charge in [-0.15, -0.1) is 0 Å². The summed E-state index contributed by atoms with van der Waals surface area (Å²) in [5.41, 5.74) is 0.524. The molecule has 4 nitrogen and oxygen atoms in total. The second-order valence-electron chi connectivity index (χ2n) is 3.42. The van der Waals surface area contributed by atoms with Crippen molar-refractivity contribution < 1.29 is 4.92 Å². The molecule has 1 N–H and O–H groups in total. The molecule has 1 aromatic rings. The Hall–Kier alpha value is -0.940. The van der Waals surface area contributed by atoms with Crippen molar-refractivity contribution in [3.63, 3.8) is 0 Å². The van der Waals surface area contributed by atoms with Gasteiger partial charge in [0.2, 0.25) is 0 Å². The maximum Gasteiger partial charge on any atom is 0.292 e. The average molecular weight is 261 g/mol. The van der Waals surface area contributed by atoms with Gasteiger partial charge < -0.3 is 5.32 Å². The van der Waals surface area contributed by atoms with Crippen molar-refractivity contribution in [2.24, 2.45) is 0 Å². The SMILES string of the molecule is CSCC(C)Nc1cc(Cl)ccc1[N+](=O)[O-]. The van der Waals surface area contributed by atoms with Crippen LogP contribution in [-0.2, 0) is 0 Å². The summed E-state index contributed by atoms with van der Waals surface area (Å²) < 4.78 is 0. The van der Waals surface area contributed by atoms with E-state index in [9.17, 15) is 10.1 Å². The molecule has 0 aliphatic rings. The summed E-state index contributed by atoms with van der Waals surface area (Å²) in [5, 5.41) is 14.4. The number of nitrogens with zero attached hydrogens (tertiary/aromatic N) is 1. The minimum Gasteiger partial charge on any atom is -0.376 e. The maximum absolute atomic E-state index is 10.8. The predicted molar refractivity (Wildman–Crippen MR) is 69.6 cm³/mol. The third kappa shape index (κ3) is 3.57. The van der Waals surface area contributed by atoms with Gasteiger partial charge in [-0.1, -0.05) is 11.6 Å². The van der Waals surface area contributed by atoms with E-state index in [0.29, 0.717) is 10.7 Å². The van der Waals surface area contributed by atoms with E-state index in [4.69, 9.17) is 11.6 Å². The first-order chi connectivity index (χ1) is 7.54. The lowest BCUT2D eigenvalue weighted by atomic mass is 10.2. The topological polar surface area (TPSA) is 55.2 Å². The van der Waals surface area contributed by atoms with E-state index in [-0.39, 0.29) is 11.7 Å². The molecule has 0 bridgehead atoms. The molecule has 0 saturated heterocycles. The van der Waals surface area contributed by atoms with Gasteiger partial charge in [-0.2, -0.15) is 11.8 Å². The molecule has 0 radical (unpaired) electrons. The van der Waals surface area contributed by atoms with Crippen LogP contribution in [0, 0.1) is 10.1 Å². The number of nitro groups is 1. The maximum atomic E-state index is 10.8. The summed E-state index contributed by atoms with van der Waals surface area (Å²) in [7, 11) is 0. The highest BCUT2D eigenvalue weighted by Crippen LogP contribution is 2.28. The quantitative estimate of drug-likeness (QED) is 0.651. The van der Waals surface area contributed by atoms with Crippen molar-refractivity contribution >= 4 is 34.7 Å². The molecule has 0 heterocycles. The Kier molecular flexibility index (Phi) is 4.89. The molecule has 0 fully saturated rings. The normalized spacial score (nSPS) is 12.2. The summed E-state index contributed by atoms with van der Waals surface area (Å²) in [6.07, 6.45) is 1.99. The van der Waals surface area contributed by atoms with Crippen molar-refractivity contribution in [2.75, 3.05) is 17.3 Å². The van der Waals surface area contributed by atoms with Crippen LogP contribution in [0.3, 0.4) is 0 Å². The van der Waals surface area contributed by atoms with E-state index in [1.165, 1.54) is 12.1 Å². The van der Waals surface area contributed by atoms with Crippen molar-refractivity contribution in [3.05, 3.63) is 33.3 Å². The van der Waals surface area contributed by atoms with Crippen molar-refractivity contribution in [1.29, 1.82) is 0 Å². The molecule has 0 aromatic heterocycles. The third-order valence-electron chi connectivity index (χ3n) is 1.97. The lowest BCUT2D eigenvalue weighted by molar-refractivity contribution is -0.384. The van der Waals surface area contributed by atoms with Gasteiger partial charge in [-0.25, -0.2) is 0 Å². The summed E-state index contributed by atoms with van der Waals surface area (Å²) in [6.45, 7) is 1.97. The lowest BCUT2D eigenvalue weighted by Crippen LogP contribution is -2.18. The zero-order chi connectivity index (χ0) is 12.1. The molecule has 0 aliphatic heterocycles. The molecule has 0 amide bonds. The number of anilines is 1. The van der Waals surface area contributed by atoms with E-state index in [0.717, 1.165) is 5.75 Å². The Balaban J connectivity index is 2.92. The van der Waals surface area contributed by atoms with Gasteiger partial charge in [0.05, 0.1) is 4.92 Å². The highest BCUT2D eigenvalue weighted by atomic mass is 35.5. The minimum atomic E-state index is -0.412. The van der Waals surface area contributed by atoms with Crippen LogP contribution in [0.2, 0.25) is 5.02 Å². The summed E-state index contributed by atoms with van der Waals surface area (Å²) in [6, 6.07) is 4.67. The monoisotopic (exact) mass is 260 g/mol. The number of nitrogens with one attached hydrogen (secondary N) is 1. The van der Waals surface area contributed by atoms with Crippen LogP contribution >= 0.6 is 23.4 Å². The molecule has 88 valence electrons. The highest BCUT2D eigenvalue weighted by Gasteiger charge is 2.15. The first-order valence-electron chi connectivity index (χ1n) is 4.74. The van der Waals surface area contributed by atoms with Crippen LogP contribution < -0.4 is 5.32 Å². The summed E-state index contributed by atoms with van der Waals surface area (Å²) in [5.74, 6) is 0.879. The number of halogens is 1. The Bertz CT molecular complexity index is 387. The Morgan fingerprint density at radius 2 is 2.31 bits per heavy atom. The summed E-state index contributed by atoms with van der Waals surface area (Å²) in [4.78, 5) is 10.4. The van der Waals surface area contributed by atoms with Crippen LogP contribution in [0.4, 0.5) is 11.4 Å². The zero-order valence-electron chi connectivity index (χ0n) is 9.07. The number of rotatable bonds is 5. The van der Waals surface area contributed by atoms with E-state index < -0.39 is 4.92 Å². The molecule has 1 unspecified atom stereocenters. The smallest absolute Gasteiger partial charge is 0.292 e. The molecule has 6 heteroatoms. The second kappa shape index (κ2) is 5.96. The zero-order valence-corrected chi connectivity index (χ0v) is 10.6. The average Bonchev–Trinajstić information content (AvgIpc) is 2.17. The molecular formula is C10H13ClN2O2S. The Morgan fingerprint density at radius 1 is 1.62 bits per heavy atom. The molecule has 0 aliphatic carbocycles. The highest BCUT2D eigenvalue weighted by molar-refractivity contribution is 7.98. The van der Waals surface area contributed by atoms with Gasteiger partial charge in [0, 0.05) is 22.9 Å². The van der Waals surface area contributed by atoms with Crippen molar-refractivity contribution in [1.82, 2.24) is 0 Å².